The van der Waals surface area contributed by atoms with Gasteiger partial charge in [-0.2, -0.15) is 0 Å². The van der Waals surface area contributed by atoms with Crippen LogP contribution in [0.3, 0.4) is 0 Å². The lowest BCUT2D eigenvalue weighted by Gasteiger charge is -2.12. The SMILES string of the molecule is O=C(O)c1cscn1.O=C(c1cn2ccc(Cl)cc2n1)N1CCCC1. The molecule has 0 saturated carbocycles. The molecule has 0 radical (unpaired) electrons. The normalized spacial score (nSPS) is 13.6. The molecule has 25 heavy (non-hydrogen) atoms. The zero-order chi connectivity index (χ0) is 17.8. The minimum Gasteiger partial charge on any atom is -0.476 e. The number of imidazole rings is 1. The van der Waals surface area contributed by atoms with Crippen molar-refractivity contribution in [3.8, 4) is 0 Å². The summed E-state index contributed by atoms with van der Waals surface area (Å²) in [6, 6.07) is 3.53. The van der Waals surface area contributed by atoms with Gasteiger partial charge in [0, 0.05) is 42.0 Å². The number of rotatable bonds is 2. The van der Waals surface area contributed by atoms with E-state index in [2.05, 4.69) is 9.97 Å². The van der Waals surface area contributed by atoms with Crippen molar-refractivity contribution in [1.82, 2.24) is 19.3 Å². The number of aromatic carboxylic acids is 1. The third-order valence-electron chi connectivity index (χ3n) is 3.69. The Morgan fingerprint density at radius 1 is 1.24 bits per heavy atom. The molecular formula is C16H15ClN4O3S. The number of halogens is 1. The Balaban J connectivity index is 0.000000192. The molecule has 9 heteroatoms. The number of fused-ring (bicyclic) bond motifs is 1. The molecule has 7 nitrogen and oxygen atoms in total. The first-order valence-corrected chi connectivity index (χ1v) is 8.91. The van der Waals surface area contributed by atoms with Crippen molar-refractivity contribution in [3.05, 3.63) is 51.8 Å². The monoisotopic (exact) mass is 378 g/mol. The summed E-state index contributed by atoms with van der Waals surface area (Å²) in [5.41, 5.74) is 2.81. The summed E-state index contributed by atoms with van der Waals surface area (Å²) in [7, 11) is 0. The van der Waals surface area contributed by atoms with Crippen molar-refractivity contribution < 1.29 is 14.7 Å². The van der Waals surface area contributed by atoms with E-state index < -0.39 is 5.97 Å². The van der Waals surface area contributed by atoms with Crippen LogP contribution < -0.4 is 0 Å². The van der Waals surface area contributed by atoms with E-state index in [1.807, 2.05) is 15.5 Å². The number of hydrogen-bond acceptors (Lipinski definition) is 5. The number of carboxylic acid groups (broad SMARTS) is 1. The Bertz CT molecular complexity index is 888. The maximum Gasteiger partial charge on any atom is 0.355 e. The van der Waals surface area contributed by atoms with Crippen LogP contribution in [0.4, 0.5) is 0 Å². The van der Waals surface area contributed by atoms with Crippen LogP contribution in [0.2, 0.25) is 5.02 Å². The third-order valence-corrected chi connectivity index (χ3v) is 4.51. The molecule has 0 atom stereocenters. The summed E-state index contributed by atoms with van der Waals surface area (Å²) in [6.07, 6.45) is 5.74. The first-order chi connectivity index (χ1) is 12.0. The number of nitrogens with zero attached hydrogens (tertiary/aromatic N) is 4. The average molecular weight is 379 g/mol. The molecule has 130 valence electrons. The minimum atomic E-state index is -0.966. The molecule has 0 aliphatic carbocycles. The summed E-state index contributed by atoms with van der Waals surface area (Å²) in [4.78, 5) is 31.8. The van der Waals surface area contributed by atoms with Crippen molar-refractivity contribution in [2.45, 2.75) is 12.8 Å². The second-order valence-corrected chi connectivity index (χ2v) is 6.57. The molecule has 0 unspecified atom stereocenters. The molecular weight excluding hydrogens is 364 g/mol. The zero-order valence-corrected chi connectivity index (χ0v) is 14.7. The van der Waals surface area contributed by atoms with Crippen molar-refractivity contribution in [1.29, 1.82) is 0 Å². The Kier molecular flexibility index (Phi) is 5.30. The highest BCUT2D eigenvalue weighted by molar-refractivity contribution is 7.07. The summed E-state index contributed by atoms with van der Waals surface area (Å²) < 4.78 is 1.81. The largest absolute Gasteiger partial charge is 0.476 e. The van der Waals surface area contributed by atoms with Gasteiger partial charge in [-0.05, 0) is 18.9 Å². The highest BCUT2D eigenvalue weighted by atomic mass is 35.5. The van der Waals surface area contributed by atoms with Gasteiger partial charge in [-0.1, -0.05) is 11.6 Å². The van der Waals surface area contributed by atoms with E-state index >= 15 is 0 Å². The predicted molar refractivity (Wildman–Crippen MR) is 94.4 cm³/mol. The lowest BCUT2D eigenvalue weighted by molar-refractivity contribution is 0.0690. The van der Waals surface area contributed by atoms with E-state index in [0.717, 1.165) is 25.9 Å². The Hall–Kier alpha value is -2.45. The highest BCUT2D eigenvalue weighted by Gasteiger charge is 2.21. The van der Waals surface area contributed by atoms with Gasteiger partial charge in [0.1, 0.15) is 11.3 Å². The van der Waals surface area contributed by atoms with Gasteiger partial charge in [-0.25, -0.2) is 14.8 Å². The van der Waals surface area contributed by atoms with Crippen LogP contribution in [0.15, 0.2) is 35.4 Å². The molecule has 0 bridgehead atoms. The molecule has 0 spiro atoms. The standard InChI is InChI=1S/C12H12ClN3O.C4H3NO2S/c13-9-3-6-16-8-10(14-11(16)7-9)12(17)15-4-1-2-5-15;6-4(7)3-1-8-2-5-3/h3,6-8H,1-2,4-5H2;1-2H,(H,6,7). The second kappa shape index (κ2) is 7.62. The maximum absolute atomic E-state index is 12.1. The summed E-state index contributed by atoms with van der Waals surface area (Å²) in [5.74, 6) is -0.950. The number of carbonyl (C=O) groups is 2. The quantitative estimate of drug-likeness (QED) is 0.740. The van der Waals surface area contributed by atoms with Crippen LogP contribution in [0.5, 0.6) is 0 Å². The van der Waals surface area contributed by atoms with E-state index in [4.69, 9.17) is 16.7 Å². The summed E-state index contributed by atoms with van der Waals surface area (Å²) in [6.45, 7) is 1.68. The van der Waals surface area contributed by atoms with Crippen LogP contribution in [0.25, 0.3) is 5.65 Å². The fourth-order valence-corrected chi connectivity index (χ4v) is 3.14. The third kappa shape index (κ3) is 4.15. The maximum atomic E-state index is 12.1. The second-order valence-electron chi connectivity index (χ2n) is 5.41. The van der Waals surface area contributed by atoms with E-state index in [1.54, 1.807) is 18.3 Å². The van der Waals surface area contributed by atoms with Gasteiger partial charge < -0.3 is 14.4 Å². The fourth-order valence-electron chi connectivity index (χ4n) is 2.46. The number of likely N-dealkylation sites (tertiary alicyclic amines) is 1. The van der Waals surface area contributed by atoms with Gasteiger partial charge in [0.05, 0.1) is 5.51 Å². The van der Waals surface area contributed by atoms with Crippen LogP contribution >= 0.6 is 22.9 Å². The van der Waals surface area contributed by atoms with E-state index in [-0.39, 0.29) is 11.6 Å². The molecule has 1 fully saturated rings. The number of thiazole rings is 1. The van der Waals surface area contributed by atoms with Crippen molar-refractivity contribution in [2.24, 2.45) is 0 Å². The number of aromatic nitrogens is 3. The minimum absolute atomic E-state index is 0.0160. The highest BCUT2D eigenvalue weighted by Crippen LogP contribution is 2.15. The molecule has 1 amide bonds. The van der Waals surface area contributed by atoms with Gasteiger partial charge in [0.2, 0.25) is 0 Å². The van der Waals surface area contributed by atoms with Gasteiger partial charge in [-0.3, -0.25) is 4.79 Å². The van der Waals surface area contributed by atoms with Crippen molar-refractivity contribution in [3.63, 3.8) is 0 Å². The molecule has 3 aromatic rings. The van der Waals surface area contributed by atoms with Crippen LogP contribution in [0.1, 0.15) is 33.8 Å². The van der Waals surface area contributed by atoms with Gasteiger partial charge >= 0.3 is 5.97 Å². The molecule has 4 rings (SSSR count). The van der Waals surface area contributed by atoms with Crippen LogP contribution in [0, 0.1) is 0 Å². The smallest absolute Gasteiger partial charge is 0.355 e. The molecule has 1 aliphatic heterocycles. The summed E-state index contributed by atoms with van der Waals surface area (Å²) in [5, 5.41) is 10.3. The topological polar surface area (TPSA) is 87.8 Å². The van der Waals surface area contributed by atoms with Crippen LogP contribution in [-0.4, -0.2) is 49.3 Å². The van der Waals surface area contributed by atoms with Gasteiger partial charge in [-0.15, -0.1) is 11.3 Å². The van der Waals surface area contributed by atoms with Crippen molar-refractivity contribution in [2.75, 3.05) is 13.1 Å². The number of amides is 1. The number of carbonyl (C=O) groups excluding carboxylic acids is 1. The molecule has 0 aromatic carbocycles. The number of pyridine rings is 1. The first kappa shape index (κ1) is 17.4. The molecule has 1 saturated heterocycles. The lowest BCUT2D eigenvalue weighted by Crippen LogP contribution is -2.27. The molecule has 1 N–H and O–H groups in total. The Labute approximate surface area is 152 Å². The lowest BCUT2D eigenvalue weighted by atomic mass is 10.4. The molecule has 4 heterocycles. The van der Waals surface area contributed by atoms with Gasteiger partial charge in [0.25, 0.3) is 5.91 Å². The predicted octanol–water partition coefficient (Wildman–Crippen LogP) is 3.07. The van der Waals surface area contributed by atoms with E-state index in [0.29, 0.717) is 16.4 Å². The zero-order valence-electron chi connectivity index (χ0n) is 13.1. The van der Waals surface area contributed by atoms with Crippen LogP contribution in [-0.2, 0) is 0 Å². The first-order valence-electron chi connectivity index (χ1n) is 7.59. The van der Waals surface area contributed by atoms with E-state index in [1.165, 1.54) is 22.2 Å². The molecule has 1 aliphatic rings. The average Bonchev–Trinajstić information content (AvgIpc) is 3.33. The van der Waals surface area contributed by atoms with Gasteiger partial charge in [0.15, 0.2) is 5.69 Å². The molecule has 3 aromatic heterocycles. The number of carboxylic acids is 1. The Morgan fingerprint density at radius 2 is 2.00 bits per heavy atom. The summed E-state index contributed by atoms with van der Waals surface area (Å²) >= 11 is 7.16. The number of hydrogen-bond donors (Lipinski definition) is 1. The van der Waals surface area contributed by atoms with E-state index in [9.17, 15) is 9.59 Å². The fraction of sp³-hybridized carbons (Fsp3) is 0.250. The van der Waals surface area contributed by atoms with Crippen molar-refractivity contribution >= 4 is 40.5 Å². The Morgan fingerprint density at radius 3 is 2.60 bits per heavy atom.